The van der Waals surface area contributed by atoms with Crippen LogP contribution in [0.25, 0.3) is 11.0 Å². The molecule has 1 aromatic carbocycles. The summed E-state index contributed by atoms with van der Waals surface area (Å²) in [6.07, 6.45) is 0.0841. The molecular formula is C13H10N4O4S. The van der Waals surface area contributed by atoms with Crippen molar-refractivity contribution in [2.45, 2.75) is 11.6 Å². The number of aromatic amines is 1. The van der Waals surface area contributed by atoms with Gasteiger partial charge in [-0.3, -0.25) is 9.59 Å². The highest BCUT2D eigenvalue weighted by atomic mass is 32.2. The molecule has 0 aliphatic rings. The number of carbonyl (C=O) groups is 1. The summed E-state index contributed by atoms with van der Waals surface area (Å²) < 4.78 is 5.29. The fourth-order valence-corrected chi connectivity index (χ4v) is 2.32. The van der Waals surface area contributed by atoms with Crippen molar-refractivity contribution in [2.75, 3.05) is 5.75 Å². The zero-order valence-electron chi connectivity index (χ0n) is 11.1. The predicted octanol–water partition coefficient (Wildman–Crippen LogP) is 1.07. The van der Waals surface area contributed by atoms with Gasteiger partial charge >= 0.3 is 5.97 Å². The van der Waals surface area contributed by atoms with Crippen LogP contribution in [0, 0.1) is 0 Å². The van der Waals surface area contributed by atoms with Crippen molar-refractivity contribution in [3.05, 3.63) is 46.2 Å². The van der Waals surface area contributed by atoms with Crippen LogP contribution in [0.2, 0.25) is 0 Å². The average molecular weight is 318 g/mol. The molecule has 2 aromatic heterocycles. The largest absolute Gasteiger partial charge is 0.481 e. The minimum atomic E-state index is -0.975. The van der Waals surface area contributed by atoms with Crippen LogP contribution in [-0.4, -0.2) is 37.0 Å². The van der Waals surface area contributed by atoms with Crippen molar-refractivity contribution in [2.24, 2.45) is 0 Å². The Hall–Kier alpha value is -2.68. The van der Waals surface area contributed by atoms with Gasteiger partial charge in [0.25, 0.3) is 10.8 Å². The molecule has 0 saturated carbocycles. The van der Waals surface area contributed by atoms with Gasteiger partial charge in [0, 0.05) is 0 Å². The second-order valence-corrected chi connectivity index (χ2v) is 5.28. The molecule has 0 amide bonds. The fourth-order valence-electron chi connectivity index (χ4n) is 1.82. The van der Waals surface area contributed by atoms with Crippen LogP contribution in [-0.2, 0) is 11.2 Å². The quantitative estimate of drug-likeness (QED) is 0.670. The maximum atomic E-state index is 12.0. The van der Waals surface area contributed by atoms with Crippen LogP contribution in [0.3, 0.4) is 0 Å². The highest BCUT2D eigenvalue weighted by Gasteiger charge is 2.12. The number of fused-ring (bicyclic) bond motifs is 1. The molecule has 22 heavy (non-hydrogen) atoms. The zero-order chi connectivity index (χ0) is 15.5. The average Bonchev–Trinajstić information content (AvgIpc) is 2.93. The van der Waals surface area contributed by atoms with Gasteiger partial charge in [-0.15, -0.1) is 10.2 Å². The molecule has 112 valence electrons. The van der Waals surface area contributed by atoms with Gasteiger partial charge in [0.1, 0.15) is 11.4 Å². The monoisotopic (exact) mass is 318 g/mol. The van der Waals surface area contributed by atoms with Gasteiger partial charge in [-0.2, -0.15) is 0 Å². The molecule has 8 nitrogen and oxygen atoms in total. The summed E-state index contributed by atoms with van der Waals surface area (Å²) in [5.74, 6) is -0.935. The lowest BCUT2D eigenvalue weighted by Gasteiger charge is -1.99. The predicted molar refractivity (Wildman–Crippen MR) is 77.8 cm³/mol. The van der Waals surface area contributed by atoms with Crippen LogP contribution in [0.15, 0.2) is 38.7 Å². The first-order valence-electron chi connectivity index (χ1n) is 6.27. The van der Waals surface area contributed by atoms with E-state index in [2.05, 4.69) is 20.2 Å². The third-order valence-corrected chi connectivity index (χ3v) is 3.56. The number of carboxylic acids is 1. The van der Waals surface area contributed by atoms with E-state index in [1.807, 2.05) is 12.1 Å². The van der Waals surface area contributed by atoms with E-state index in [4.69, 9.17) is 9.52 Å². The maximum absolute atomic E-state index is 12.0. The first-order chi connectivity index (χ1) is 10.6. The van der Waals surface area contributed by atoms with Gasteiger partial charge in [-0.05, 0) is 12.1 Å². The van der Waals surface area contributed by atoms with E-state index in [1.165, 1.54) is 0 Å². The van der Waals surface area contributed by atoms with Gasteiger partial charge in [0.15, 0.2) is 0 Å². The molecule has 0 aliphatic carbocycles. The van der Waals surface area contributed by atoms with Gasteiger partial charge in [-0.1, -0.05) is 23.9 Å². The van der Waals surface area contributed by atoms with Crippen molar-refractivity contribution in [3.63, 3.8) is 0 Å². The molecule has 2 heterocycles. The molecule has 2 N–H and O–H groups in total. The Kier molecular flexibility index (Phi) is 3.88. The first kappa shape index (κ1) is 14.3. The molecule has 0 aliphatic heterocycles. The van der Waals surface area contributed by atoms with E-state index < -0.39 is 5.97 Å². The molecular weight excluding hydrogens is 308 g/mol. The van der Waals surface area contributed by atoms with Gasteiger partial charge in [-0.25, -0.2) is 4.98 Å². The summed E-state index contributed by atoms with van der Waals surface area (Å²) in [5, 5.41) is 16.2. The normalized spacial score (nSPS) is 10.9. The van der Waals surface area contributed by atoms with Gasteiger partial charge < -0.3 is 14.5 Å². The van der Waals surface area contributed by atoms with E-state index in [0.29, 0.717) is 11.0 Å². The Morgan fingerprint density at radius 2 is 2.14 bits per heavy atom. The second kappa shape index (κ2) is 5.98. The molecule has 0 atom stereocenters. The van der Waals surface area contributed by atoms with E-state index in [0.717, 1.165) is 11.8 Å². The second-order valence-electron chi connectivity index (χ2n) is 4.35. The summed E-state index contributed by atoms with van der Waals surface area (Å²) in [4.78, 5) is 29.5. The molecule has 3 rings (SSSR count). The molecule has 0 fully saturated rings. The molecule has 0 unspecified atom stereocenters. The molecule has 3 aromatic rings. The van der Waals surface area contributed by atoms with E-state index in [-0.39, 0.29) is 34.5 Å². The number of rotatable bonds is 5. The van der Waals surface area contributed by atoms with E-state index >= 15 is 0 Å². The standard InChI is InChI=1S/C13H10N4O4S/c18-11(19)6-22-13-17-16-10(21-13)5-9-12(20)15-8-4-2-1-3-7(8)14-9/h1-4H,5-6H2,(H,15,20)(H,18,19). The highest BCUT2D eigenvalue weighted by molar-refractivity contribution is 7.99. The summed E-state index contributed by atoms with van der Waals surface area (Å²) in [7, 11) is 0. The van der Waals surface area contributed by atoms with Crippen molar-refractivity contribution in [1.29, 1.82) is 0 Å². The Balaban J connectivity index is 1.82. The lowest BCUT2D eigenvalue weighted by atomic mass is 10.2. The van der Waals surface area contributed by atoms with Gasteiger partial charge in [0.2, 0.25) is 5.89 Å². The van der Waals surface area contributed by atoms with Crippen molar-refractivity contribution < 1.29 is 14.3 Å². The smallest absolute Gasteiger partial charge is 0.314 e. The number of carboxylic acid groups (broad SMARTS) is 1. The third-order valence-electron chi connectivity index (χ3n) is 2.76. The lowest BCUT2D eigenvalue weighted by molar-refractivity contribution is -0.133. The number of H-pyrrole nitrogens is 1. The molecule has 0 saturated heterocycles. The SMILES string of the molecule is O=C(O)CSc1nnc(Cc2nc3ccccc3[nH]c2=O)o1. The minimum Gasteiger partial charge on any atom is -0.481 e. The van der Waals surface area contributed by atoms with Crippen molar-refractivity contribution >= 4 is 28.8 Å². The Labute approximate surface area is 127 Å². The number of nitrogens with one attached hydrogen (secondary N) is 1. The molecule has 0 bridgehead atoms. The molecule has 0 spiro atoms. The highest BCUT2D eigenvalue weighted by Crippen LogP contribution is 2.16. The summed E-state index contributed by atoms with van der Waals surface area (Å²) in [6, 6.07) is 7.19. The van der Waals surface area contributed by atoms with Crippen LogP contribution in [0.1, 0.15) is 11.6 Å². The fraction of sp³-hybridized carbons (Fsp3) is 0.154. The number of thioether (sulfide) groups is 1. The Morgan fingerprint density at radius 3 is 2.95 bits per heavy atom. The Morgan fingerprint density at radius 1 is 1.32 bits per heavy atom. The lowest BCUT2D eigenvalue weighted by Crippen LogP contribution is -2.15. The van der Waals surface area contributed by atoms with E-state index in [1.54, 1.807) is 12.1 Å². The van der Waals surface area contributed by atoms with Crippen molar-refractivity contribution in [3.8, 4) is 0 Å². The number of nitrogens with zero attached hydrogens (tertiary/aromatic N) is 3. The van der Waals surface area contributed by atoms with Crippen LogP contribution in [0.5, 0.6) is 0 Å². The number of para-hydroxylation sites is 2. The topological polar surface area (TPSA) is 122 Å². The van der Waals surface area contributed by atoms with Crippen LogP contribution in [0.4, 0.5) is 0 Å². The summed E-state index contributed by atoms with van der Waals surface area (Å²) in [6.45, 7) is 0. The number of hydrogen-bond acceptors (Lipinski definition) is 7. The third kappa shape index (κ3) is 3.14. The summed E-state index contributed by atoms with van der Waals surface area (Å²) >= 11 is 0.921. The van der Waals surface area contributed by atoms with Crippen LogP contribution < -0.4 is 5.56 Å². The summed E-state index contributed by atoms with van der Waals surface area (Å²) in [5.41, 5.74) is 1.25. The Bertz CT molecular complexity index is 889. The first-order valence-corrected chi connectivity index (χ1v) is 7.25. The number of aromatic nitrogens is 4. The number of aliphatic carboxylic acids is 1. The zero-order valence-corrected chi connectivity index (χ0v) is 12.0. The molecule has 9 heteroatoms. The van der Waals surface area contributed by atoms with Crippen molar-refractivity contribution in [1.82, 2.24) is 20.2 Å². The van der Waals surface area contributed by atoms with E-state index in [9.17, 15) is 9.59 Å². The molecule has 0 radical (unpaired) electrons. The number of hydrogen-bond donors (Lipinski definition) is 2. The minimum absolute atomic E-state index is 0.0841. The van der Waals surface area contributed by atoms with Crippen LogP contribution >= 0.6 is 11.8 Å². The number of benzene rings is 1. The maximum Gasteiger partial charge on any atom is 0.314 e. The van der Waals surface area contributed by atoms with Gasteiger partial charge in [0.05, 0.1) is 17.5 Å².